The summed E-state index contributed by atoms with van der Waals surface area (Å²) in [7, 11) is 0. The number of hydrogen-bond donors (Lipinski definition) is 0. The van der Waals surface area contributed by atoms with Crippen molar-refractivity contribution in [3.05, 3.63) is 45.5 Å². The highest BCUT2D eigenvalue weighted by Crippen LogP contribution is 2.29. The average molecular weight is 330 g/mol. The quantitative estimate of drug-likeness (QED) is 0.738. The third-order valence-corrected chi connectivity index (χ3v) is 3.17. The molecule has 0 spiro atoms. The average Bonchev–Trinajstić information content (AvgIpc) is 2.31. The highest BCUT2D eigenvalue weighted by Gasteiger charge is 2.11. The first kappa shape index (κ1) is 13.4. The largest absolute Gasteiger partial charge is 0.232 e. The molecule has 0 fully saturated rings. The minimum Gasteiger partial charge on any atom is -0.232 e. The van der Waals surface area contributed by atoms with Gasteiger partial charge in [0.25, 0.3) is 0 Å². The zero-order valence-electron chi connectivity index (χ0n) is 9.92. The van der Waals surface area contributed by atoms with Gasteiger partial charge in [0.1, 0.15) is 16.2 Å². The Morgan fingerprint density at radius 1 is 1.22 bits per heavy atom. The zero-order valence-corrected chi connectivity index (χ0v) is 12.3. The molecule has 0 unspecified atom stereocenters. The SMILES string of the molecule is CC(C)c1nc(Br)cc(-c2cc(F)ccc2Cl)n1. The van der Waals surface area contributed by atoms with E-state index in [-0.39, 0.29) is 11.7 Å². The van der Waals surface area contributed by atoms with Gasteiger partial charge in [0.2, 0.25) is 0 Å². The van der Waals surface area contributed by atoms with Crippen LogP contribution in [0.4, 0.5) is 4.39 Å². The fourth-order valence-electron chi connectivity index (χ4n) is 1.53. The van der Waals surface area contributed by atoms with Crippen LogP contribution in [-0.2, 0) is 0 Å². The van der Waals surface area contributed by atoms with E-state index >= 15 is 0 Å². The van der Waals surface area contributed by atoms with Crippen LogP contribution in [0, 0.1) is 5.82 Å². The van der Waals surface area contributed by atoms with Crippen molar-refractivity contribution >= 4 is 27.5 Å². The predicted molar refractivity (Wildman–Crippen MR) is 74.2 cm³/mol. The lowest BCUT2D eigenvalue weighted by Gasteiger charge is -2.09. The van der Waals surface area contributed by atoms with Crippen molar-refractivity contribution in [1.82, 2.24) is 9.97 Å². The first-order valence-corrected chi connectivity index (χ1v) is 6.64. The number of hydrogen-bond acceptors (Lipinski definition) is 2. The highest BCUT2D eigenvalue weighted by atomic mass is 79.9. The van der Waals surface area contributed by atoms with E-state index in [4.69, 9.17) is 11.6 Å². The summed E-state index contributed by atoms with van der Waals surface area (Å²) in [5, 5.41) is 0.469. The molecular weight excluding hydrogens is 319 g/mol. The molecule has 18 heavy (non-hydrogen) atoms. The van der Waals surface area contributed by atoms with Gasteiger partial charge in [-0.05, 0) is 40.2 Å². The van der Waals surface area contributed by atoms with E-state index in [0.29, 0.717) is 26.7 Å². The number of nitrogens with zero attached hydrogens (tertiary/aromatic N) is 2. The van der Waals surface area contributed by atoms with E-state index < -0.39 is 0 Å². The van der Waals surface area contributed by atoms with E-state index in [0.717, 1.165) is 0 Å². The van der Waals surface area contributed by atoms with E-state index in [9.17, 15) is 4.39 Å². The molecule has 2 rings (SSSR count). The molecule has 1 aromatic carbocycles. The van der Waals surface area contributed by atoms with Crippen LogP contribution in [-0.4, -0.2) is 9.97 Å². The van der Waals surface area contributed by atoms with Gasteiger partial charge in [-0.2, -0.15) is 0 Å². The predicted octanol–water partition coefficient (Wildman–Crippen LogP) is 4.82. The van der Waals surface area contributed by atoms with Crippen LogP contribution < -0.4 is 0 Å². The van der Waals surface area contributed by atoms with Gasteiger partial charge in [0, 0.05) is 11.5 Å². The minimum absolute atomic E-state index is 0.189. The molecular formula is C13H11BrClFN2. The van der Waals surface area contributed by atoms with E-state index in [1.165, 1.54) is 18.2 Å². The summed E-state index contributed by atoms with van der Waals surface area (Å²) in [6.07, 6.45) is 0. The molecule has 94 valence electrons. The Hall–Kier alpha value is -1.000. The molecule has 0 saturated carbocycles. The van der Waals surface area contributed by atoms with Gasteiger partial charge in [-0.1, -0.05) is 25.4 Å². The Morgan fingerprint density at radius 3 is 2.61 bits per heavy atom. The van der Waals surface area contributed by atoms with Crippen LogP contribution in [0.3, 0.4) is 0 Å². The van der Waals surface area contributed by atoms with Crippen molar-refractivity contribution in [2.24, 2.45) is 0 Å². The normalized spacial score (nSPS) is 11.0. The summed E-state index contributed by atoms with van der Waals surface area (Å²) < 4.78 is 13.9. The van der Waals surface area contributed by atoms with Crippen LogP contribution >= 0.6 is 27.5 Å². The summed E-state index contributed by atoms with van der Waals surface area (Å²) in [4.78, 5) is 8.69. The van der Waals surface area contributed by atoms with Crippen molar-refractivity contribution in [1.29, 1.82) is 0 Å². The summed E-state index contributed by atoms with van der Waals surface area (Å²) in [6, 6.07) is 5.95. The molecule has 0 aliphatic rings. The number of rotatable bonds is 2. The lowest BCUT2D eigenvalue weighted by molar-refractivity contribution is 0.628. The lowest BCUT2D eigenvalue weighted by atomic mass is 10.1. The number of aromatic nitrogens is 2. The van der Waals surface area contributed by atoms with Crippen molar-refractivity contribution in [2.45, 2.75) is 19.8 Å². The Bertz CT molecular complexity index is 587. The van der Waals surface area contributed by atoms with E-state index in [1.54, 1.807) is 6.07 Å². The van der Waals surface area contributed by atoms with Gasteiger partial charge in [-0.25, -0.2) is 14.4 Å². The molecule has 5 heteroatoms. The molecule has 0 aliphatic heterocycles. The maximum atomic E-state index is 13.3. The molecule has 2 nitrogen and oxygen atoms in total. The first-order chi connectivity index (χ1) is 8.47. The van der Waals surface area contributed by atoms with Gasteiger partial charge in [0.05, 0.1) is 10.7 Å². The van der Waals surface area contributed by atoms with Crippen LogP contribution in [0.2, 0.25) is 5.02 Å². The van der Waals surface area contributed by atoms with Crippen LogP contribution in [0.15, 0.2) is 28.9 Å². The van der Waals surface area contributed by atoms with Crippen molar-refractivity contribution in [3.63, 3.8) is 0 Å². The van der Waals surface area contributed by atoms with Gasteiger partial charge >= 0.3 is 0 Å². The molecule has 0 amide bonds. The smallest absolute Gasteiger partial charge is 0.132 e. The summed E-state index contributed by atoms with van der Waals surface area (Å²) in [5.74, 6) is 0.545. The molecule has 0 bridgehead atoms. The standard InChI is InChI=1S/C13H11BrClFN2/c1-7(2)13-17-11(6-12(14)18-13)9-5-8(16)3-4-10(9)15/h3-7H,1-2H3. The summed E-state index contributed by atoms with van der Waals surface area (Å²) in [6.45, 7) is 4.00. The molecule has 2 aromatic rings. The molecule has 0 aliphatic carbocycles. The van der Waals surface area contributed by atoms with Crippen molar-refractivity contribution in [2.75, 3.05) is 0 Å². The Kier molecular flexibility index (Phi) is 3.97. The second kappa shape index (κ2) is 5.33. The Labute approximate surface area is 118 Å². The Balaban J connectivity index is 2.60. The van der Waals surface area contributed by atoms with Gasteiger partial charge in [-0.3, -0.25) is 0 Å². The fraction of sp³-hybridized carbons (Fsp3) is 0.231. The number of halogens is 3. The van der Waals surface area contributed by atoms with Gasteiger partial charge in [0.15, 0.2) is 0 Å². The molecule has 0 saturated heterocycles. The van der Waals surface area contributed by atoms with E-state index in [2.05, 4.69) is 25.9 Å². The second-order valence-electron chi connectivity index (χ2n) is 4.21. The zero-order chi connectivity index (χ0) is 13.3. The summed E-state index contributed by atoms with van der Waals surface area (Å²) in [5.41, 5.74) is 1.19. The molecule has 0 atom stereocenters. The van der Waals surface area contributed by atoms with Crippen molar-refractivity contribution in [3.8, 4) is 11.3 Å². The third-order valence-electron chi connectivity index (χ3n) is 2.43. The monoisotopic (exact) mass is 328 g/mol. The first-order valence-electron chi connectivity index (χ1n) is 5.47. The molecule has 0 N–H and O–H groups in total. The van der Waals surface area contributed by atoms with Gasteiger partial charge < -0.3 is 0 Å². The lowest BCUT2D eigenvalue weighted by Crippen LogP contribution is -2.00. The third kappa shape index (κ3) is 2.87. The van der Waals surface area contributed by atoms with Crippen LogP contribution in [0.1, 0.15) is 25.6 Å². The van der Waals surface area contributed by atoms with E-state index in [1.807, 2.05) is 13.8 Å². The maximum absolute atomic E-state index is 13.3. The fourth-order valence-corrected chi connectivity index (χ4v) is 2.14. The molecule has 1 aromatic heterocycles. The summed E-state index contributed by atoms with van der Waals surface area (Å²) >= 11 is 9.41. The second-order valence-corrected chi connectivity index (χ2v) is 5.43. The highest BCUT2D eigenvalue weighted by molar-refractivity contribution is 9.10. The molecule has 0 radical (unpaired) electrons. The van der Waals surface area contributed by atoms with Crippen molar-refractivity contribution < 1.29 is 4.39 Å². The topological polar surface area (TPSA) is 25.8 Å². The number of benzene rings is 1. The van der Waals surface area contributed by atoms with Crippen LogP contribution in [0.5, 0.6) is 0 Å². The Morgan fingerprint density at radius 2 is 1.94 bits per heavy atom. The van der Waals surface area contributed by atoms with Gasteiger partial charge in [-0.15, -0.1) is 0 Å². The minimum atomic E-state index is -0.338. The maximum Gasteiger partial charge on any atom is 0.132 e. The molecule has 1 heterocycles. The van der Waals surface area contributed by atoms with Crippen LogP contribution in [0.25, 0.3) is 11.3 Å².